The minimum atomic E-state index is -0.435. The predicted molar refractivity (Wildman–Crippen MR) is 139 cm³/mol. The minimum Gasteiger partial charge on any atom is -0.497 e. The van der Waals surface area contributed by atoms with Gasteiger partial charge in [-0.2, -0.15) is 0 Å². The molecule has 2 heterocycles. The number of pyridine rings is 2. The number of hydrogen-bond acceptors (Lipinski definition) is 5. The third-order valence-electron chi connectivity index (χ3n) is 5.66. The van der Waals surface area contributed by atoms with Crippen LogP contribution in [0.3, 0.4) is 0 Å². The number of benzene rings is 2. The fourth-order valence-electron chi connectivity index (χ4n) is 3.90. The molecular formula is C28H26N4O4. The highest BCUT2D eigenvalue weighted by Crippen LogP contribution is 2.22. The molecule has 0 spiro atoms. The van der Waals surface area contributed by atoms with Crippen molar-refractivity contribution < 1.29 is 14.3 Å². The highest BCUT2D eigenvalue weighted by Gasteiger charge is 2.21. The zero-order valence-corrected chi connectivity index (χ0v) is 20.0. The summed E-state index contributed by atoms with van der Waals surface area (Å²) in [5, 5.41) is 5.62. The van der Waals surface area contributed by atoms with Gasteiger partial charge in [0, 0.05) is 29.8 Å². The molecule has 0 saturated carbocycles. The normalized spacial score (nSPS) is 10.5. The van der Waals surface area contributed by atoms with Gasteiger partial charge in [0.25, 0.3) is 11.5 Å². The molecule has 4 aromatic rings. The van der Waals surface area contributed by atoms with Crippen LogP contribution in [0.5, 0.6) is 5.75 Å². The van der Waals surface area contributed by atoms with Crippen molar-refractivity contribution in [1.29, 1.82) is 0 Å². The summed E-state index contributed by atoms with van der Waals surface area (Å²) in [7, 11) is 1.56. The Morgan fingerprint density at radius 1 is 0.944 bits per heavy atom. The maximum absolute atomic E-state index is 13.4. The molecule has 0 radical (unpaired) electrons. The van der Waals surface area contributed by atoms with E-state index in [1.165, 1.54) is 10.6 Å². The van der Waals surface area contributed by atoms with E-state index in [-0.39, 0.29) is 35.7 Å². The quantitative estimate of drug-likeness (QED) is 0.395. The van der Waals surface area contributed by atoms with Crippen molar-refractivity contribution in [3.05, 3.63) is 118 Å². The monoisotopic (exact) mass is 482 g/mol. The summed E-state index contributed by atoms with van der Waals surface area (Å²) in [6.45, 7) is 1.93. The van der Waals surface area contributed by atoms with E-state index >= 15 is 0 Å². The zero-order chi connectivity index (χ0) is 25.5. The number of carbonyl (C=O) groups is 2. The van der Waals surface area contributed by atoms with Crippen LogP contribution in [0.15, 0.2) is 90.0 Å². The van der Waals surface area contributed by atoms with Gasteiger partial charge < -0.3 is 19.9 Å². The summed E-state index contributed by atoms with van der Waals surface area (Å²) in [5.41, 5.74) is 2.60. The fraction of sp³-hybridized carbons (Fsp3) is 0.143. The number of rotatable bonds is 8. The largest absolute Gasteiger partial charge is 0.497 e. The number of nitrogens with one attached hydrogen (secondary N) is 2. The molecule has 0 unspecified atom stereocenters. The molecule has 0 aliphatic heterocycles. The smallest absolute Gasteiger partial charge is 0.259 e. The van der Waals surface area contributed by atoms with Crippen LogP contribution in [0, 0.1) is 6.92 Å². The lowest BCUT2D eigenvalue weighted by Gasteiger charge is -2.18. The van der Waals surface area contributed by atoms with Crippen molar-refractivity contribution in [2.45, 2.75) is 19.9 Å². The van der Waals surface area contributed by atoms with Gasteiger partial charge in [-0.3, -0.25) is 19.4 Å². The Bertz CT molecular complexity index is 1430. The van der Waals surface area contributed by atoms with Gasteiger partial charge in [-0.25, -0.2) is 0 Å². The molecule has 0 bridgehead atoms. The van der Waals surface area contributed by atoms with E-state index in [0.29, 0.717) is 17.1 Å². The van der Waals surface area contributed by atoms with Crippen LogP contribution in [-0.4, -0.2) is 28.5 Å². The van der Waals surface area contributed by atoms with E-state index in [1.807, 2.05) is 30.3 Å². The molecule has 2 aromatic heterocycles. The second-order valence-electron chi connectivity index (χ2n) is 8.20. The molecule has 4 rings (SSSR count). The van der Waals surface area contributed by atoms with E-state index in [4.69, 9.17) is 4.74 Å². The molecule has 8 nitrogen and oxygen atoms in total. The number of nitrogens with zero attached hydrogens (tertiary/aromatic N) is 2. The van der Waals surface area contributed by atoms with Gasteiger partial charge in [-0.15, -0.1) is 0 Å². The fourth-order valence-corrected chi connectivity index (χ4v) is 3.90. The first-order valence-corrected chi connectivity index (χ1v) is 11.4. The Hall–Kier alpha value is -4.72. The number of methoxy groups -OCH3 is 1. The molecule has 0 fully saturated rings. The first-order chi connectivity index (χ1) is 17.4. The summed E-state index contributed by atoms with van der Waals surface area (Å²) in [6.07, 6.45) is 3.37. The van der Waals surface area contributed by atoms with Gasteiger partial charge in [-0.1, -0.05) is 36.4 Å². The van der Waals surface area contributed by atoms with Crippen molar-refractivity contribution >= 4 is 23.2 Å². The maximum atomic E-state index is 13.4. The van der Waals surface area contributed by atoms with Gasteiger partial charge in [0.05, 0.1) is 31.3 Å². The van der Waals surface area contributed by atoms with Crippen molar-refractivity contribution in [3.8, 4) is 5.75 Å². The second kappa shape index (κ2) is 11.1. The molecular weight excluding hydrogens is 456 g/mol. The van der Waals surface area contributed by atoms with Crippen LogP contribution in [-0.2, 0) is 17.8 Å². The summed E-state index contributed by atoms with van der Waals surface area (Å²) >= 11 is 0. The van der Waals surface area contributed by atoms with E-state index in [2.05, 4.69) is 15.6 Å². The van der Waals surface area contributed by atoms with Crippen molar-refractivity contribution in [3.63, 3.8) is 0 Å². The number of para-hydroxylation sites is 1. The molecule has 2 N–H and O–H groups in total. The Morgan fingerprint density at radius 2 is 1.72 bits per heavy atom. The molecule has 0 atom stereocenters. The van der Waals surface area contributed by atoms with Gasteiger partial charge in [0.1, 0.15) is 5.75 Å². The molecule has 0 aliphatic rings. The number of ether oxygens (including phenoxy) is 1. The number of carbonyl (C=O) groups excluding carboxylic acids is 2. The Balaban J connectivity index is 1.69. The average Bonchev–Trinajstić information content (AvgIpc) is 2.87. The van der Waals surface area contributed by atoms with Crippen LogP contribution in [0.4, 0.5) is 11.4 Å². The van der Waals surface area contributed by atoms with Gasteiger partial charge in [0.15, 0.2) is 0 Å². The minimum absolute atomic E-state index is 0.0504. The summed E-state index contributed by atoms with van der Waals surface area (Å²) in [6, 6.07) is 21.1. The van der Waals surface area contributed by atoms with Crippen molar-refractivity contribution in [1.82, 2.24) is 9.55 Å². The molecule has 182 valence electrons. The molecule has 0 aliphatic carbocycles. The van der Waals surface area contributed by atoms with E-state index in [1.54, 1.807) is 62.8 Å². The van der Waals surface area contributed by atoms with Gasteiger partial charge in [0.2, 0.25) is 5.91 Å². The summed E-state index contributed by atoms with van der Waals surface area (Å²) in [4.78, 5) is 43.5. The molecule has 36 heavy (non-hydrogen) atoms. The second-order valence-corrected chi connectivity index (χ2v) is 8.20. The standard InChI is InChI=1S/C28H26N4O4/c1-19-27(28(35)30-22-10-4-3-5-11-22)24(16-26(34)32(19)18-21-9-7-13-29-17-21)31-25(33)15-20-8-6-12-23(14-20)36-2/h3-14,16-17H,15,18H2,1-2H3,(H,30,35)(H,31,33). The van der Waals surface area contributed by atoms with Crippen LogP contribution in [0.25, 0.3) is 0 Å². The van der Waals surface area contributed by atoms with Crippen molar-refractivity contribution in [2.75, 3.05) is 17.7 Å². The van der Waals surface area contributed by atoms with Gasteiger partial charge >= 0.3 is 0 Å². The third-order valence-corrected chi connectivity index (χ3v) is 5.66. The molecule has 2 amide bonds. The van der Waals surface area contributed by atoms with Crippen molar-refractivity contribution in [2.24, 2.45) is 0 Å². The Labute approximate surface area is 208 Å². The lowest BCUT2D eigenvalue weighted by atomic mass is 10.1. The SMILES string of the molecule is COc1cccc(CC(=O)Nc2cc(=O)n(Cc3cccnc3)c(C)c2C(=O)Nc2ccccc2)c1. The van der Waals surface area contributed by atoms with E-state index in [9.17, 15) is 14.4 Å². The van der Waals surface area contributed by atoms with E-state index in [0.717, 1.165) is 11.1 Å². The van der Waals surface area contributed by atoms with Crippen LogP contribution < -0.4 is 20.9 Å². The third kappa shape index (κ3) is 5.85. The lowest BCUT2D eigenvalue weighted by molar-refractivity contribution is -0.115. The first kappa shape index (κ1) is 24.4. The topological polar surface area (TPSA) is 102 Å². The molecule has 0 saturated heterocycles. The summed E-state index contributed by atoms with van der Waals surface area (Å²) in [5.74, 6) is -0.159. The molecule has 8 heteroatoms. The number of hydrogen-bond donors (Lipinski definition) is 2. The molecule has 2 aromatic carbocycles. The van der Waals surface area contributed by atoms with E-state index < -0.39 is 5.91 Å². The van der Waals surface area contributed by atoms with Crippen LogP contribution in [0.2, 0.25) is 0 Å². The lowest BCUT2D eigenvalue weighted by Crippen LogP contribution is -2.29. The Morgan fingerprint density at radius 3 is 2.44 bits per heavy atom. The highest BCUT2D eigenvalue weighted by molar-refractivity contribution is 6.11. The maximum Gasteiger partial charge on any atom is 0.259 e. The Kier molecular flexibility index (Phi) is 7.55. The number of anilines is 2. The summed E-state index contributed by atoms with van der Waals surface area (Å²) < 4.78 is 6.72. The average molecular weight is 483 g/mol. The van der Waals surface area contributed by atoms with Crippen LogP contribution >= 0.6 is 0 Å². The van der Waals surface area contributed by atoms with Gasteiger partial charge in [-0.05, 0) is 48.4 Å². The number of aromatic nitrogens is 2. The highest BCUT2D eigenvalue weighted by atomic mass is 16.5. The predicted octanol–water partition coefficient (Wildman–Crippen LogP) is 4.04. The first-order valence-electron chi connectivity index (χ1n) is 11.4. The number of amides is 2. The van der Waals surface area contributed by atoms with Crippen LogP contribution in [0.1, 0.15) is 27.2 Å². The zero-order valence-electron chi connectivity index (χ0n) is 20.0.